The third kappa shape index (κ3) is 3.92. The van der Waals surface area contributed by atoms with Crippen molar-refractivity contribution in [3.05, 3.63) is 29.8 Å². The molecule has 0 fully saturated rings. The van der Waals surface area contributed by atoms with Gasteiger partial charge in [-0.25, -0.2) is 0 Å². The molecule has 84 valence electrons. The fourth-order valence-corrected chi connectivity index (χ4v) is 1.40. The minimum absolute atomic E-state index is 0.615. The van der Waals surface area contributed by atoms with Gasteiger partial charge in [-0.3, -0.25) is 0 Å². The van der Waals surface area contributed by atoms with E-state index in [0.29, 0.717) is 6.04 Å². The Bertz CT molecular complexity index is 294. The van der Waals surface area contributed by atoms with E-state index in [-0.39, 0.29) is 0 Å². The predicted molar refractivity (Wildman–Crippen MR) is 67.4 cm³/mol. The van der Waals surface area contributed by atoms with Gasteiger partial charge in [-0.15, -0.1) is 0 Å². The molecule has 2 nitrogen and oxygen atoms in total. The molecule has 0 amide bonds. The summed E-state index contributed by atoms with van der Waals surface area (Å²) < 4.78 is 0. The molecule has 0 aromatic heterocycles. The van der Waals surface area contributed by atoms with Crippen molar-refractivity contribution in [2.24, 2.45) is 0 Å². The van der Waals surface area contributed by atoms with Gasteiger partial charge < -0.3 is 10.2 Å². The summed E-state index contributed by atoms with van der Waals surface area (Å²) in [6, 6.07) is 9.02. The highest BCUT2D eigenvalue weighted by Crippen LogP contribution is 2.12. The van der Waals surface area contributed by atoms with Crippen molar-refractivity contribution in [1.82, 2.24) is 4.90 Å². The van der Waals surface area contributed by atoms with Crippen LogP contribution in [0, 0.1) is 6.92 Å². The van der Waals surface area contributed by atoms with Crippen molar-refractivity contribution in [1.29, 1.82) is 0 Å². The number of aryl methyl sites for hydroxylation is 1. The molecular formula is C13H22N2. The van der Waals surface area contributed by atoms with Gasteiger partial charge in [0.2, 0.25) is 0 Å². The monoisotopic (exact) mass is 206 g/mol. The molecule has 1 N–H and O–H groups in total. The van der Waals surface area contributed by atoms with E-state index in [1.807, 2.05) is 0 Å². The number of rotatable bonds is 5. The molecule has 1 aromatic rings. The van der Waals surface area contributed by atoms with E-state index >= 15 is 0 Å². The molecule has 0 saturated carbocycles. The zero-order chi connectivity index (χ0) is 11.3. The molecule has 0 spiro atoms. The highest BCUT2D eigenvalue weighted by atomic mass is 15.1. The predicted octanol–water partition coefficient (Wildman–Crippen LogP) is 2.75. The first-order valence-electron chi connectivity index (χ1n) is 5.61. The number of benzene rings is 1. The quantitative estimate of drug-likeness (QED) is 0.797. The van der Waals surface area contributed by atoms with Crippen LogP contribution in [0.25, 0.3) is 0 Å². The van der Waals surface area contributed by atoms with Gasteiger partial charge in [-0.2, -0.15) is 0 Å². The molecule has 0 unspecified atom stereocenters. The number of hydrogen-bond donors (Lipinski definition) is 1. The summed E-state index contributed by atoms with van der Waals surface area (Å²) in [6.07, 6.45) is 0. The zero-order valence-electron chi connectivity index (χ0n) is 10.2. The molecule has 1 rings (SSSR count). The fourth-order valence-electron chi connectivity index (χ4n) is 1.40. The largest absolute Gasteiger partial charge is 0.384 e. The molecule has 0 heterocycles. The Hall–Kier alpha value is -1.02. The summed E-state index contributed by atoms with van der Waals surface area (Å²) >= 11 is 0. The van der Waals surface area contributed by atoms with Crippen LogP contribution in [0.15, 0.2) is 24.3 Å². The lowest BCUT2D eigenvalue weighted by Crippen LogP contribution is -2.31. The van der Waals surface area contributed by atoms with Crippen LogP contribution in [0.5, 0.6) is 0 Å². The minimum Gasteiger partial charge on any atom is -0.384 e. The summed E-state index contributed by atoms with van der Waals surface area (Å²) in [4.78, 5) is 2.34. The maximum atomic E-state index is 3.46. The second kappa shape index (κ2) is 5.76. The second-order valence-corrected chi connectivity index (χ2v) is 4.32. The SMILES string of the molecule is Cc1ccccc1NCCN(C)C(C)C. The minimum atomic E-state index is 0.615. The first-order valence-corrected chi connectivity index (χ1v) is 5.61. The Morgan fingerprint density at radius 1 is 1.27 bits per heavy atom. The summed E-state index contributed by atoms with van der Waals surface area (Å²) in [6.45, 7) is 8.64. The van der Waals surface area contributed by atoms with Crippen LogP contribution < -0.4 is 5.32 Å². The highest BCUT2D eigenvalue weighted by molar-refractivity contribution is 5.50. The molecule has 0 atom stereocenters. The first kappa shape index (κ1) is 12.1. The number of anilines is 1. The van der Waals surface area contributed by atoms with Crippen LogP contribution in [0.3, 0.4) is 0 Å². The van der Waals surface area contributed by atoms with Crippen molar-refractivity contribution >= 4 is 5.69 Å². The van der Waals surface area contributed by atoms with Gasteiger partial charge in [0, 0.05) is 24.8 Å². The lowest BCUT2D eigenvalue weighted by molar-refractivity contribution is 0.284. The van der Waals surface area contributed by atoms with Gasteiger partial charge in [0.25, 0.3) is 0 Å². The van der Waals surface area contributed by atoms with Crippen molar-refractivity contribution in [2.75, 3.05) is 25.5 Å². The Morgan fingerprint density at radius 3 is 2.53 bits per heavy atom. The number of hydrogen-bond acceptors (Lipinski definition) is 2. The molecule has 0 aliphatic carbocycles. The van der Waals surface area contributed by atoms with E-state index in [9.17, 15) is 0 Å². The number of nitrogens with zero attached hydrogens (tertiary/aromatic N) is 1. The molecular weight excluding hydrogens is 184 g/mol. The van der Waals surface area contributed by atoms with Crippen LogP contribution in [-0.2, 0) is 0 Å². The molecule has 1 aromatic carbocycles. The van der Waals surface area contributed by atoms with Gasteiger partial charge in [0.15, 0.2) is 0 Å². The van der Waals surface area contributed by atoms with Gasteiger partial charge >= 0.3 is 0 Å². The van der Waals surface area contributed by atoms with Gasteiger partial charge in [-0.05, 0) is 39.4 Å². The van der Waals surface area contributed by atoms with Crippen LogP contribution >= 0.6 is 0 Å². The maximum absolute atomic E-state index is 3.46. The average molecular weight is 206 g/mol. The summed E-state index contributed by atoms with van der Waals surface area (Å²) in [5.41, 5.74) is 2.55. The van der Waals surface area contributed by atoms with Crippen LogP contribution in [-0.4, -0.2) is 31.1 Å². The number of para-hydroxylation sites is 1. The third-order valence-corrected chi connectivity index (χ3v) is 2.81. The van der Waals surface area contributed by atoms with E-state index in [4.69, 9.17) is 0 Å². The topological polar surface area (TPSA) is 15.3 Å². The van der Waals surface area contributed by atoms with E-state index in [1.165, 1.54) is 11.3 Å². The highest BCUT2D eigenvalue weighted by Gasteiger charge is 2.02. The van der Waals surface area contributed by atoms with Crippen molar-refractivity contribution < 1.29 is 0 Å². The second-order valence-electron chi connectivity index (χ2n) is 4.32. The Kier molecular flexibility index (Phi) is 4.63. The van der Waals surface area contributed by atoms with Crippen LogP contribution in [0.1, 0.15) is 19.4 Å². The lowest BCUT2D eigenvalue weighted by Gasteiger charge is -2.21. The summed E-state index contributed by atoms with van der Waals surface area (Å²) in [7, 11) is 2.16. The lowest BCUT2D eigenvalue weighted by atomic mass is 10.2. The Balaban J connectivity index is 2.35. The van der Waals surface area contributed by atoms with Crippen LogP contribution in [0.2, 0.25) is 0 Å². The van der Waals surface area contributed by atoms with E-state index in [1.54, 1.807) is 0 Å². The maximum Gasteiger partial charge on any atom is 0.0370 e. The number of nitrogens with one attached hydrogen (secondary N) is 1. The number of likely N-dealkylation sites (N-methyl/N-ethyl adjacent to an activating group) is 1. The van der Waals surface area contributed by atoms with E-state index in [0.717, 1.165) is 13.1 Å². The standard InChI is InChI=1S/C13H22N2/c1-11(2)15(4)10-9-14-13-8-6-5-7-12(13)3/h5-8,11,14H,9-10H2,1-4H3. The zero-order valence-corrected chi connectivity index (χ0v) is 10.2. The van der Waals surface area contributed by atoms with E-state index < -0.39 is 0 Å². The first-order chi connectivity index (χ1) is 7.11. The molecule has 0 aliphatic heterocycles. The van der Waals surface area contributed by atoms with E-state index in [2.05, 4.69) is 62.3 Å². The summed E-state index contributed by atoms with van der Waals surface area (Å²) in [5.74, 6) is 0. The fraction of sp³-hybridized carbons (Fsp3) is 0.538. The van der Waals surface area contributed by atoms with Gasteiger partial charge in [-0.1, -0.05) is 18.2 Å². The normalized spacial score (nSPS) is 11.1. The van der Waals surface area contributed by atoms with Crippen molar-refractivity contribution in [3.8, 4) is 0 Å². The molecule has 15 heavy (non-hydrogen) atoms. The third-order valence-electron chi connectivity index (χ3n) is 2.81. The van der Waals surface area contributed by atoms with Crippen molar-refractivity contribution in [2.45, 2.75) is 26.8 Å². The molecule has 0 radical (unpaired) electrons. The van der Waals surface area contributed by atoms with Gasteiger partial charge in [0.1, 0.15) is 0 Å². The van der Waals surface area contributed by atoms with Gasteiger partial charge in [0.05, 0.1) is 0 Å². The Labute approximate surface area is 93.3 Å². The molecule has 0 saturated heterocycles. The molecule has 0 bridgehead atoms. The molecule has 2 heteroatoms. The van der Waals surface area contributed by atoms with Crippen molar-refractivity contribution in [3.63, 3.8) is 0 Å². The smallest absolute Gasteiger partial charge is 0.0370 e. The summed E-state index contributed by atoms with van der Waals surface area (Å²) in [5, 5.41) is 3.46. The molecule has 0 aliphatic rings. The average Bonchev–Trinajstić information content (AvgIpc) is 2.20. The van der Waals surface area contributed by atoms with Crippen LogP contribution in [0.4, 0.5) is 5.69 Å². The Morgan fingerprint density at radius 2 is 1.93 bits per heavy atom.